The zero-order chi connectivity index (χ0) is 10.8. The van der Waals surface area contributed by atoms with E-state index < -0.39 is 12.1 Å². The molecular formula is C9H9N3O3. The molecule has 2 rings (SSSR count). The van der Waals surface area contributed by atoms with Crippen LogP contribution < -0.4 is 10.6 Å². The van der Waals surface area contributed by atoms with Crippen molar-refractivity contribution in [1.29, 1.82) is 0 Å². The van der Waals surface area contributed by atoms with Gasteiger partial charge in [0.25, 0.3) is 5.91 Å². The average molecular weight is 207 g/mol. The number of carbonyl (C=O) groups excluding carboxylic acids is 3. The lowest BCUT2D eigenvalue weighted by Gasteiger charge is -2.04. The van der Waals surface area contributed by atoms with E-state index in [4.69, 9.17) is 0 Å². The lowest BCUT2D eigenvalue weighted by Crippen LogP contribution is -2.31. The quantitative estimate of drug-likeness (QED) is 0.464. The van der Waals surface area contributed by atoms with Crippen LogP contribution in [0, 0.1) is 0 Å². The summed E-state index contributed by atoms with van der Waals surface area (Å²) in [6.45, 7) is 0. The number of urea groups is 1. The molecule has 78 valence electrons. The van der Waals surface area contributed by atoms with Gasteiger partial charge in [0.1, 0.15) is 6.04 Å². The number of aldehydes is 1. The van der Waals surface area contributed by atoms with Gasteiger partial charge in [0, 0.05) is 12.1 Å². The molecule has 0 spiro atoms. The molecule has 1 saturated heterocycles. The Hall–Kier alpha value is -2.11. The molecular weight excluding hydrogens is 198 g/mol. The van der Waals surface area contributed by atoms with Crippen molar-refractivity contribution in [2.45, 2.75) is 12.5 Å². The Morgan fingerprint density at radius 1 is 1.33 bits per heavy atom. The minimum Gasteiger partial charge on any atom is -0.356 e. The predicted octanol–water partition coefficient (Wildman–Crippen LogP) is -0.422. The lowest BCUT2D eigenvalue weighted by molar-refractivity contribution is -0.120. The monoisotopic (exact) mass is 207 g/mol. The maximum atomic E-state index is 11.2. The van der Waals surface area contributed by atoms with Gasteiger partial charge >= 0.3 is 6.03 Å². The van der Waals surface area contributed by atoms with Crippen molar-refractivity contribution in [2.24, 2.45) is 0 Å². The number of nitrogens with one attached hydrogen (secondary N) is 3. The third-order valence-electron chi connectivity index (χ3n) is 2.18. The summed E-state index contributed by atoms with van der Waals surface area (Å²) >= 11 is 0. The van der Waals surface area contributed by atoms with Crippen molar-refractivity contribution in [3.8, 4) is 0 Å². The molecule has 0 bridgehead atoms. The normalized spacial score (nSPS) is 19.9. The number of hydrogen-bond donors (Lipinski definition) is 3. The Morgan fingerprint density at radius 3 is 2.67 bits per heavy atom. The first-order valence-corrected chi connectivity index (χ1v) is 4.43. The summed E-state index contributed by atoms with van der Waals surface area (Å²) in [5, 5.41) is 4.61. The molecule has 1 aliphatic heterocycles. The second-order valence-electron chi connectivity index (χ2n) is 3.28. The average Bonchev–Trinajstić information content (AvgIpc) is 2.75. The van der Waals surface area contributed by atoms with Crippen LogP contribution in [0.15, 0.2) is 12.1 Å². The molecule has 1 atom stereocenters. The second kappa shape index (κ2) is 3.56. The first-order chi connectivity index (χ1) is 7.19. The zero-order valence-corrected chi connectivity index (χ0v) is 7.74. The van der Waals surface area contributed by atoms with Crippen molar-refractivity contribution < 1.29 is 14.4 Å². The Morgan fingerprint density at radius 2 is 2.13 bits per heavy atom. The van der Waals surface area contributed by atoms with Gasteiger partial charge in [0.2, 0.25) is 0 Å². The number of rotatable bonds is 3. The Labute approximate surface area is 85.0 Å². The molecule has 0 radical (unpaired) electrons. The SMILES string of the molecule is O=Cc1ccc(C[C@H]2NC(=O)NC2=O)[nH]1. The van der Waals surface area contributed by atoms with E-state index in [0.717, 1.165) is 5.69 Å². The first-order valence-electron chi connectivity index (χ1n) is 4.43. The first kappa shape index (κ1) is 9.45. The molecule has 3 N–H and O–H groups in total. The van der Waals surface area contributed by atoms with Crippen LogP contribution in [0.3, 0.4) is 0 Å². The summed E-state index contributed by atoms with van der Waals surface area (Å²) in [5.41, 5.74) is 1.19. The third-order valence-corrected chi connectivity index (χ3v) is 2.18. The van der Waals surface area contributed by atoms with Crippen LogP contribution in [-0.2, 0) is 11.2 Å². The number of hydrogen-bond acceptors (Lipinski definition) is 3. The predicted molar refractivity (Wildman–Crippen MR) is 50.3 cm³/mol. The van der Waals surface area contributed by atoms with E-state index in [1.54, 1.807) is 12.1 Å². The molecule has 0 saturated carbocycles. The summed E-state index contributed by atoms with van der Waals surface area (Å²) in [6, 6.07) is 2.29. The Balaban J connectivity index is 2.05. The standard InChI is InChI=1S/C9H9N3O3/c13-4-6-2-1-5(10-6)3-7-8(14)12-9(15)11-7/h1-2,4,7,10H,3H2,(H2,11,12,14,15)/t7-/m1/s1. The van der Waals surface area contributed by atoms with Crippen LogP contribution in [0.25, 0.3) is 0 Å². The second-order valence-corrected chi connectivity index (χ2v) is 3.28. The molecule has 6 nitrogen and oxygen atoms in total. The van der Waals surface area contributed by atoms with Crippen LogP contribution in [0.4, 0.5) is 4.79 Å². The lowest BCUT2D eigenvalue weighted by atomic mass is 10.1. The van der Waals surface area contributed by atoms with E-state index in [1.165, 1.54) is 0 Å². The zero-order valence-electron chi connectivity index (χ0n) is 7.74. The molecule has 0 aliphatic carbocycles. The van der Waals surface area contributed by atoms with E-state index in [2.05, 4.69) is 15.6 Å². The van der Waals surface area contributed by atoms with Crippen LogP contribution in [0.2, 0.25) is 0 Å². The van der Waals surface area contributed by atoms with E-state index >= 15 is 0 Å². The maximum Gasteiger partial charge on any atom is 0.322 e. The van der Waals surface area contributed by atoms with Crippen molar-refractivity contribution >= 4 is 18.2 Å². The summed E-state index contributed by atoms with van der Waals surface area (Å²) in [7, 11) is 0. The fraction of sp³-hybridized carbons (Fsp3) is 0.222. The highest BCUT2D eigenvalue weighted by Gasteiger charge is 2.29. The third kappa shape index (κ3) is 1.88. The van der Waals surface area contributed by atoms with Crippen molar-refractivity contribution in [2.75, 3.05) is 0 Å². The number of H-pyrrole nitrogens is 1. The number of carbonyl (C=O) groups is 3. The van der Waals surface area contributed by atoms with E-state index in [0.29, 0.717) is 18.4 Å². The maximum absolute atomic E-state index is 11.2. The van der Waals surface area contributed by atoms with Crippen molar-refractivity contribution in [3.05, 3.63) is 23.5 Å². The largest absolute Gasteiger partial charge is 0.356 e. The van der Waals surface area contributed by atoms with Gasteiger partial charge in [-0.15, -0.1) is 0 Å². The Kier molecular flexibility index (Phi) is 2.24. The fourth-order valence-corrected chi connectivity index (χ4v) is 1.47. The molecule has 15 heavy (non-hydrogen) atoms. The number of imide groups is 1. The summed E-state index contributed by atoms with van der Waals surface area (Å²) < 4.78 is 0. The molecule has 0 unspecified atom stereocenters. The fourth-order valence-electron chi connectivity index (χ4n) is 1.47. The van der Waals surface area contributed by atoms with Gasteiger partial charge < -0.3 is 10.3 Å². The van der Waals surface area contributed by atoms with E-state index in [-0.39, 0.29) is 5.91 Å². The molecule has 1 aromatic heterocycles. The van der Waals surface area contributed by atoms with Crippen molar-refractivity contribution in [3.63, 3.8) is 0 Å². The van der Waals surface area contributed by atoms with Crippen LogP contribution in [-0.4, -0.2) is 29.3 Å². The summed E-state index contributed by atoms with van der Waals surface area (Å²) in [6.07, 6.45) is 1.04. The van der Waals surface area contributed by atoms with Gasteiger partial charge in [-0.2, -0.15) is 0 Å². The minimum absolute atomic E-state index is 0.345. The topological polar surface area (TPSA) is 91.1 Å². The van der Waals surface area contributed by atoms with E-state index in [9.17, 15) is 14.4 Å². The van der Waals surface area contributed by atoms with Gasteiger partial charge in [-0.25, -0.2) is 4.79 Å². The summed E-state index contributed by atoms with van der Waals surface area (Å²) in [5.74, 6) is -0.345. The molecule has 1 aliphatic rings. The molecule has 3 amide bonds. The van der Waals surface area contributed by atoms with Crippen molar-refractivity contribution in [1.82, 2.24) is 15.6 Å². The highest BCUT2D eigenvalue weighted by Crippen LogP contribution is 2.05. The molecule has 6 heteroatoms. The van der Waals surface area contributed by atoms with E-state index in [1.807, 2.05) is 0 Å². The van der Waals surface area contributed by atoms with Crippen LogP contribution in [0.1, 0.15) is 16.2 Å². The summed E-state index contributed by atoms with van der Waals surface area (Å²) in [4.78, 5) is 35.2. The van der Waals surface area contributed by atoms with Gasteiger partial charge in [0.15, 0.2) is 6.29 Å². The number of aromatic nitrogens is 1. The van der Waals surface area contributed by atoms with Crippen LogP contribution in [0.5, 0.6) is 0 Å². The van der Waals surface area contributed by atoms with Crippen LogP contribution >= 0.6 is 0 Å². The molecule has 1 aromatic rings. The highest BCUT2D eigenvalue weighted by molar-refractivity contribution is 6.04. The molecule has 0 aromatic carbocycles. The van der Waals surface area contributed by atoms with Gasteiger partial charge in [-0.05, 0) is 12.1 Å². The van der Waals surface area contributed by atoms with Gasteiger partial charge in [-0.1, -0.05) is 0 Å². The number of aromatic amines is 1. The van der Waals surface area contributed by atoms with Gasteiger partial charge in [-0.3, -0.25) is 14.9 Å². The Bertz CT molecular complexity index is 424. The minimum atomic E-state index is -0.560. The van der Waals surface area contributed by atoms with Gasteiger partial charge in [0.05, 0.1) is 5.69 Å². The number of amides is 3. The smallest absolute Gasteiger partial charge is 0.322 e. The molecule has 1 fully saturated rings. The molecule has 2 heterocycles. The highest BCUT2D eigenvalue weighted by atomic mass is 16.2.